The molecule has 0 amide bonds. The number of rotatable bonds is 1. The molecule has 0 aromatic carbocycles. The van der Waals surface area contributed by atoms with E-state index >= 15 is 0 Å². The molecule has 0 saturated carbocycles. The van der Waals surface area contributed by atoms with Crippen molar-refractivity contribution in [1.82, 2.24) is 0 Å². The zero-order chi connectivity index (χ0) is 6.69. The molecule has 1 aromatic heterocycles. The van der Waals surface area contributed by atoms with Gasteiger partial charge in [0.15, 0.2) is 0 Å². The monoisotopic (exact) mass is 205 g/mol. The molecule has 0 aliphatic rings. The van der Waals surface area contributed by atoms with Crippen LogP contribution >= 0.6 is 12.2 Å². The van der Waals surface area contributed by atoms with Crippen LogP contribution in [0.4, 0.5) is 4.56 Å². The quantitative estimate of drug-likeness (QED) is 0.549. The second kappa shape index (κ2) is 3.16. The van der Waals surface area contributed by atoms with E-state index in [0.29, 0.717) is 14.5 Å². The van der Waals surface area contributed by atoms with Crippen molar-refractivity contribution in [2.75, 3.05) is 5.32 Å². The van der Waals surface area contributed by atoms with Gasteiger partial charge in [-0.3, -0.25) is 0 Å². The molecule has 0 atom stereocenters. The Kier molecular flexibility index (Phi) is 2.46. The van der Waals surface area contributed by atoms with Crippen LogP contribution in [-0.2, 0) is 0 Å². The van der Waals surface area contributed by atoms with Gasteiger partial charge in [-0.15, -0.1) is 0 Å². The first-order chi connectivity index (χ1) is 4.29. The molecule has 0 aliphatic carbocycles. The van der Waals surface area contributed by atoms with Gasteiger partial charge >= 0.3 is 65.6 Å². The van der Waals surface area contributed by atoms with Crippen LogP contribution in [0.3, 0.4) is 0 Å². The number of hydrogen-bond donors (Lipinski definition) is 1. The topological polar surface area (TPSA) is 12.0 Å². The van der Waals surface area contributed by atoms with Gasteiger partial charge in [0.2, 0.25) is 0 Å². The molecule has 1 heterocycles. The van der Waals surface area contributed by atoms with E-state index < -0.39 is 0 Å². The summed E-state index contributed by atoms with van der Waals surface area (Å²) >= 11 is 5.36. The van der Waals surface area contributed by atoms with E-state index in [4.69, 9.17) is 12.2 Å². The van der Waals surface area contributed by atoms with Crippen LogP contribution in [0.1, 0.15) is 6.92 Å². The Bertz CT molecular complexity index is 193. The Morgan fingerprint density at radius 2 is 2.56 bits per heavy atom. The summed E-state index contributed by atoms with van der Waals surface area (Å²) in [6, 6.07) is 4.12. The Hall–Kier alpha value is -0.111. The van der Waals surface area contributed by atoms with Gasteiger partial charge in [-0.2, -0.15) is 0 Å². The molecular weight excluding hydrogens is 197 g/mol. The van der Waals surface area contributed by atoms with Crippen molar-refractivity contribution in [3.63, 3.8) is 0 Å². The molecule has 0 spiro atoms. The van der Waals surface area contributed by atoms with Gasteiger partial charge < -0.3 is 0 Å². The van der Waals surface area contributed by atoms with Crippen LogP contribution in [-0.4, -0.2) is 19.5 Å². The molecule has 0 radical (unpaired) electrons. The molecule has 1 N–H and O–H groups in total. The second-order valence-corrected chi connectivity index (χ2v) is 4.26. The van der Waals surface area contributed by atoms with Crippen molar-refractivity contribution in [3.8, 4) is 0 Å². The number of hydrogen-bond acceptors (Lipinski definition) is 1. The summed E-state index contributed by atoms with van der Waals surface area (Å²) in [6.45, 7) is 1.89. The maximum atomic E-state index is 4.86. The SMILES string of the molecule is CC(=S)Nc1ccc[se]1. The van der Waals surface area contributed by atoms with E-state index in [-0.39, 0.29) is 0 Å². The normalized spacial score (nSPS) is 9.00. The van der Waals surface area contributed by atoms with Crippen LogP contribution in [0, 0.1) is 0 Å². The van der Waals surface area contributed by atoms with Crippen molar-refractivity contribution in [3.05, 3.63) is 17.1 Å². The first kappa shape index (κ1) is 7.00. The summed E-state index contributed by atoms with van der Waals surface area (Å²) in [7, 11) is 0. The number of anilines is 1. The molecule has 48 valence electrons. The van der Waals surface area contributed by atoms with E-state index in [2.05, 4.69) is 22.4 Å². The molecule has 3 heteroatoms. The van der Waals surface area contributed by atoms with Crippen molar-refractivity contribution in [1.29, 1.82) is 0 Å². The summed E-state index contributed by atoms with van der Waals surface area (Å²) in [5.41, 5.74) is 0. The predicted octanol–water partition coefficient (Wildman–Crippen LogP) is 1.50. The molecule has 9 heavy (non-hydrogen) atoms. The van der Waals surface area contributed by atoms with Gasteiger partial charge in [-0.1, -0.05) is 0 Å². The van der Waals surface area contributed by atoms with Crippen molar-refractivity contribution < 1.29 is 0 Å². The summed E-state index contributed by atoms with van der Waals surface area (Å²) < 4.78 is 1.26. The van der Waals surface area contributed by atoms with Gasteiger partial charge in [-0.05, 0) is 0 Å². The molecule has 0 bridgehead atoms. The molecule has 0 unspecified atom stereocenters. The Labute approximate surface area is 65.8 Å². The van der Waals surface area contributed by atoms with Gasteiger partial charge in [0.1, 0.15) is 0 Å². The minimum absolute atomic E-state index is 0.500. The van der Waals surface area contributed by atoms with Gasteiger partial charge in [-0.25, -0.2) is 0 Å². The van der Waals surface area contributed by atoms with Crippen LogP contribution < -0.4 is 5.32 Å². The van der Waals surface area contributed by atoms with Crippen molar-refractivity contribution in [2.45, 2.75) is 6.92 Å². The molecule has 0 fully saturated rings. The Morgan fingerprint density at radius 1 is 1.78 bits per heavy atom. The summed E-state index contributed by atoms with van der Waals surface area (Å²) in [5, 5.41) is 3.10. The van der Waals surface area contributed by atoms with Gasteiger partial charge in [0, 0.05) is 0 Å². The zero-order valence-corrected chi connectivity index (χ0v) is 7.58. The van der Waals surface area contributed by atoms with E-state index in [9.17, 15) is 0 Å². The molecule has 1 nitrogen and oxygen atoms in total. The van der Waals surface area contributed by atoms with Crippen molar-refractivity contribution >= 4 is 36.3 Å². The molecule has 0 saturated heterocycles. The minimum atomic E-state index is 0.500. The Balaban J connectivity index is 2.58. The van der Waals surface area contributed by atoms with E-state index in [0.717, 1.165) is 4.99 Å². The van der Waals surface area contributed by atoms with Crippen molar-refractivity contribution in [2.24, 2.45) is 0 Å². The number of nitrogens with one attached hydrogen (secondary N) is 1. The average molecular weight is 204 g/mol. The fourth-order valence-corrected chi connectivity index (χ4v) is 2.19. The first-order valence-corrected chi connectivity index (χ1v) is 4.85. The number of thiocarbonyl (C=S) groups is 1. The fourth-order valence-electron chi connectivity index (χ4n) is 0.523. The van der Waals surface area contributed by atoms with Crippen LogP contribution in [0.2, 0.25) is 0 Å². The predicted molar refractivity (Wildman–Crippen MR) is 45.3 cm³/mol. The third-order valence-corrected chi connectivity index (χ3v) is 2.57. The van der Waals surface area contributed by atoms with Crippen LogP contribution in [0.25, 0.3) is 0 Å². The summed E-state index contributed by atoms with van der Waals surface area (Å²) in [5.74, 6) is 0. The third-order valence-electron chi connectivity index (χ3n) is 0.820. The van der Waals surface area contributed by atoms with Crippen LogP contribution in [0.15, 0.2) is 17.1 Å². The fraction of sp³-hybridized carbons (Fsp3) is 0.167. The average Bonchev–Trinajstić information content (AvgIpc) is 2.15. The van der Waals surface area contributed by atoms with E-state index in [1.165, 1.54) is 4.56 Å². The summed E-state index contributed by atoms with van der Waals surface area (Å²) in [6.07, 6.45) is 0. The van der Waals surface area contributed by atoms with E-state index in [1.807, 2.05) is 6.92 Å². The van der Waals surface area contributed by atoms with Gasteiger partial charge in [0.05, 0.1) is 0 Å². The third kappa shape index (κ3) is 2.31. The zero-order valence-electron chi connectivity index (χ0n) is 5.05. The molecule has 1 rings (SSSR count). The standard InChI is InChI=1S/C6H7NSSe/c1-5(8)7-6-3-2-4-9-6/h2-4H,1H3,(H,7,8). The molecule has 1 aromatic rings. The van der Waals surface area contributed by atoms with Gasteiger partial charge in [0.25, 0.3) is 0 Å². The Morgan fingerprint density at radius 3 is 3.00 bits per heavy atom. The summed E-state index contributed by atoms with van der Waals surface area (Å²) in [4.78, 5) is 3.01. The van der Waals surface area contributed by atoms with Crippen LogP contribution in [0.5, 0.6) is 0 Å². The first-order valence-electron chi connectivity index (χ1n) is 2.60. The molecular formula is C6H7NSSe. The van der Waals surface area contributed by atoms with E-state index in [1.54, 1.807) is 0 Å². The maximum absolute atomic E-state index is 4.86. The second-order valence-electron chi connectivity index (χ2n) is 1.66. The molecule has 0 aliphatic heterocycles.